The summed E-state index contributed by atoms with van der Waals surface area (Å²) >= 11 is 0. The van der Waals surface area contributed by atoms with Crippen LogP contribution >= 0.6 is 0 Å². The molecule has 0 aliphatic rings. The Morgan fingerprint density at radius 2 is 2.19 bits per heavy atom. The molecule has 0 bridgehead atoms. The molecule has 2 aromatic rings. The maximum atomic E-state index is 11.8. The molecule has 2 aromatic heterocycles. The Labute approximate surface area is 121 Å². The Morgan fingerprint density at radius 3 is 2.76 bits per heavy atom. The number of carbonyl (C=O) groups excluding carboxylic acids is 1. The molecule has 0 aromatic carbocycles. The number of hydrogen-bond donors (Lipinski definition) is 1. The lowest BCUT2D eigenvalue weighted by atomic mass is 9.98. The van der Waals surface area contributed by atoms with E-state index < -0.39 is 5.41 Å². The number of fused-ring (bicyclic) bond motifs is 1. The highest BCUT2D eigenvalue weighted by atomic mass is 16.5. The smallest absolute Gasteiger partial charge is 0.312 e. The van der Waals surface area contributed by atoms with Crippen molar-refractivity contribution in [3.63, 3.8) is 0 Å². The normalized spacial score (nSPS) is 11.2. The van der Waals surface area contributed by atoms with Crippen molar-refractivity contribution in [3.8, 4) is 6.07 Å². The van der Waals surface area contributed by atoms with E-state index >= 15 is 0 Å². The van der Waals surface area contributed by atoms with Crippen LogP contribution in [0.2, 0.25) is 0 Å². The topological polar surface area (TPSA) is 106 Å². The van der Waals surface area contributed by atoms with Gasteiger partial charge in [0.15, 0.2) is 23.7 Å². The molecule has 0 amide bonds. The van der Waals surface area contributed by atoms with Crippen molar-refractivity contribution < 1.29 is 9.53 Å². The van der Waals surface area contributed by atoms with Crippen LogP contribution < -0.4 is 5.32 Å². The Kier molecular flexibility index (Phi) is 3.76. The van der Waals surface area contributed by atoms with Crippen molar-refractivity contribution in [3.05, 3.63) is 12.2 Å². The minimum atomic E-state index is -0.584. The summed E-state index contributed by atoms with van der Waals surface area (Å²) in [6, 6.07) is 1.89. The molecule has 8 nitrogen and oxygen atoms in total. The van der Waals surface area contributed by atoms with Gasteiger partial charge < -0.3 is 10.1 Å². The Hall–Kier alpha value is -2.69. The highest BCUT2D eigenvalue weighted by Crippen LogP contribution is 2.19. The van der Waals surface area contributed by atoms with Gasteiger partial charge in [-0.3, -0.25) is 9.36 Å². The molecular formula is C13H16N6O2. The number of hydrogen-bond acceptors (Lipinski definition) is 7. The predicted octanol–water partition coefficient (Wildman–Crippen LogP) is 1.29. The van der Waals surface area contributed by atoms with Crippen molar-refractivity contribution in [1.29, 1.82) is 5.26 Å². The van der Waals surface area contributed by atoms with E-state index in [1.807, 2.05) is 6.07 Å². The first-order valence-corrected chi connectivity index (χ1v) is 6.34. The number of aromatic nitrogens is 4. The molecular weight excluding hydrogens is 272 g/mol. The molecule has 0 spiro atoms. The second-order valence-electron chi connectivity index (χ2n) is 5.46. The van der Waals surface area contributed by atoms with E-state index in [-0.39, 0.29) is 18.5 Å². The number of carbonyl (C=O) groups is 1. The largest absolute Gasteiger partial charge is 0.443 e. The SMILES string of the molecule is CNc1nc(C#N)nc2c1ncn2COC(=O)C(C)(C)C. The molecule has 0 unspecified atom stereocenters. The monoisotopic (exact) mass is 288 g/mol. The van der Waals surface area contributed by atoms with Crippen LogP contribution in [0, 0.1) is 16.7 Å². The van der Waals surface area contributed by atoms with Crippen LogP contribution in [-0.4, -0.2) is 32.5 Å². The molecule has 2 rings (SSSR count). The van der Waals surface area contributed by atoms with Crippen molar-refractivity contribution in [1.82, 2.24) is 19.5 Å². The van der Waals surface area contributed by atoms with Gasteiger partial charge in [0.1, 0.15) is 6.07 Å². The van der Waals surface area contributed by atoms with Gasteiger partial charge in [0.05, 0.1) is 11.7 Å². The average Bonchev–Trinajstić information content (AvgIpc) is 2.85. The first-order chi connectivity index (χ1) is 9.86. The summed E-state index contributed by atoms with van der Waals surface area (Å²) in [6.45, 7) is 5.31. The third-order valence-electron chi connectivity index (χ3n) is 2.75. The van der Waals surface area contributed by atoms with Gasteiger partial charge in [0.2, 0.25) is 5.82 Å². The van der Waals surface area contributed by atoms with Gasteiger partial charge in [-0.25, -0.2) is 4.98 Å². The van der Waals surface area contributed by atoms with E-state index in [1.165, 1.54) is 6.33 Å². The molecule has 0 radical (unpaired) electrons. The van der Waals surface area contributed by atoms with Crippen LogP contribution in [0.3, 0.4) is 0 Å². The lowest BCUT2D eigenvalue weighted by Crippen LogP contribution is -2.24. The van der Waals surface area contributed by atoms with E-state index in [1.54, 1.807) is 32.4 Å². The summed E-state index contributed by atoms with van der Waals surface area (Å²) in [7, 11) is 1.68. The fraction of sp³-hybridized carbons (Fsp3) is 0.462. The minimum absolute atomic E-state index is 0.0162. The number of esters is 1. The summed E-state index contributed by atoms with van der Waals surface area (Å²) in [4.78, 5) is 24.1. The van der Waals surface area contributed by atoms with E-state index in [0.29, 0.717) is 17.0 Å². The van der Waals surface area contributed by atoms with Crippen LogP contribution in [0.4, 0.5) is 5.82 Å². The van der Waals surface area contributed by atoms with Crippen LogP contribution in [0.1, 0.15) is 26.6 Å². The second-order valence-corrected chi connectivity index (χ2v) is 5.46. The average molecular weight is 288 g/mol. The van der Waals surface area contributed by atoms with Crippen molar-refractivity contribution >= 4 is 23.0 Å². The highest BCUT2D eigenvalue weighted by molar-refractivity contribution is 5.83. The predicted molar refractivity (Wildman–Crippen MR) is 75.1 cm³/mol. The molecule has 1 N–H and O–H groups in total. The van der Waals surface area contributed by atoms with E-state index in [0.717, 1.165) is 0 Å². The summed E-state index contributed by atoms with van der Waals surface area (Å²) in [5.74, 6) is 0.154. The molecule has 21 heavy (non-hydrogen) atoms. The maximum absolute atomic E-state index is 11.8. The van der Waals surface area contributed by atoms with Gasteiger partial charge in [-0.05, 0) is 20.8 Å². The summed E-state index contributed by atoms with van der Waals surface area (Å²) < 4.78 is 6.78. The van der Waals surface area contributed by atoms with E-state index in [9.17, 15) is 4.79 Å². The van der Waals surface area contributed by atoms with Gasteiger partial charge >= 0.3 is 5.97 Å². The molecule has 0 aliphatic heterocycles. The molecule has 0 saturated heterocycles. The number of nitriles is 1. The number of nitrogens with zero attached hydrogens (tertiary/aromatic N) is 5. The van der Waals surface area contributed by atoms with Crippen molar-refractivity contribution in [2.45, 2.75) is 27.5 Å². The van der Waals surface area contributed by atoms with Crippen LogP contribution in [0.25, 0.3) is 11.2 Å². The van der Waals surface area contributed by atoms with E-state index in [2.05, 4.69) is 20.3 Å². The zero-order valence-electron chi connectivity index (χ0n) is 12.3. The fourth-order valence-corrected chi connectivity index (χ4v) is 1.61. The quantitative estimate of drug-likeness (QED) is 0.848. The van der Waals surface area contributed by atoms with Gasteiger partial charge in [-0.1, -0.05) is 0 Å². The zero-order valence-corrected chi connectivity index (χ0v) is 12.3. The van der Waals surface area contributed by atoms with Crippen LogP contribution in [-0.2, 0) is 16.3 Å². The van der Waals surface area contributed by atoms with E-state index in [4.69, 9.17) is 10.00 Å². The fourth-order valence-electron chi connectivity index (χ4n) is 1.61. The Balaban J connectivity index is 2.34. The number of nitrogens with one attached hydrogen (secondary N) is 1. The third-order valence-corrected chi connectivity index (χ3v) is 2.75. The van der Waals surface area contributed by atoms with Crippen LogP contribution in [0.5, 0.6) is 0 Å². The number of anilines is 1. The molecule has 110 valence electrons. The van der Waals surface area contributed by atoms with Gasteiger partial charge in [-0.15, -0.1) is 0 Å². The van der Waals surface area contributed by atoms with Crippen molar-refractivity contribution in [2.75, 3.05) is 12.4 Å². The summed E-state index contributed by atoms with van der Waals surface area (Å²) in [5, 5.41) is 11.8. The summed E-state index contributed by atoms with van der Waals surface area (Å²) in [6.07, 6.45) is 1.50. The number of rotatable bonds is 3. The van der Waals surface area contributed by atoms with Crippen molar-refractivity contribution in [2.24, 2.45) is 5.41 Å². The third kappa shape index (κ3) is 2.91. The lowest BCUT2D eigenvalue weighted by molar-refractivity contribution is -0.156. The first kappa shape index (κ1) is 14.7. The molecule has 2 heterocycles. The lowest BCUT2D eigenvalue weighted by Gasteiger charge is -2.16. The van der Waals surface area contributed by atoms with Gasteiger partial charge in [0.25, 0.3) is 0 Å². The standard InChI is InChI=1S/C13H16N6O2/c1-13(2,3)12(20)21-7-19-6-16-9-10(15-4)17-8(5-14)18-11(9)19/h6H,7H2,1-4H3,(H,15,17,18). The van der Waals surface area contributed by atoms with Gasteiger partial charge in [0, 0.05) is 7.05 Å². The molecule has 8 heteroatoms. The summed E-state index contributed by atoms with van der Waals surface area (Å²) in [5.41, 5.74) is 0.371. The Morgan fingerprint density at radius 1 is 1.48 bits per heavy atom. The maximum Gasteiger partial charge on any atom is 0.312 e. The number of ether oxygens (including phenoxy) is 1. The van der Waals surface area contributed by atoms with Crippen LogP contribution in [0.15, 0.2) is 6.33 Å². The van der Waals surface area contributed by atoms with Gasteiger partial charge in [-0.2, -0.15) is 15.2 Å². The highest BCUT2D eigenvalue weighted by Gasteiger charge is 2.23. The Bertz CT molecular complexity index is 723. The zero-order chi connectivity index (χ0) is 15.6. The molecule has 0 atom stereocenters. The molecule has 0 aliphatic carbocycles. The minimum Gasteiger partial charge on any atom is -0.443 e. The first-order valence-electron chi connectivity index (χ1n) is 6.34. The number of imidazole rings is 1. The second kappa shape index (κ2) is 5.36. The molecule has 0 saturated carbocycles. The molecule has 0 fully saturated rings.